The molecular weight excluding hydrogens is 204 g/mol. The van der Waals surface area contributed by atoms with E-state index in [1.807, 2.05) is 6.92 Å². The number of hydrogen-bond acceptors (Lipinski definition) is 6. The molecule has 6 heteroatoms. The van der Waals surface area contributed by atoms with Crippen LogP contribution < -0.4 is 0 Å². The smallest absolute Gasteiger partial charge is 0.301 e. The Hall–Kier alpha value is -1.14. The second-order valence-electron chi connectivity index (χ2n) is 3.62. The van der Waals surface area contributed by atoms with Crippen LogP contribution in [0.25, 0.3) is 0 Å². The monoisotopic (exact) mass is 220 g/mol. The molecule has 0 aliphatic rings. The fourth-order valence-electron chi connectivity index (χ4n) is 0.510. The van der Waals surface area contributed by atoms with E-state index in [-0.39, 0.29) is 12.8 Å². The molecule has 0 aromatic rings. The predicted octanol–water partition coefficient (Wildman–Crippen LogP) is 1.45. The van der Waals surface area contributed by atoms with E-state index in [4.69, 9.17) is 10.1 Å². The lowest BCUT2D eigenvalue weighted by Gasteiger charge is -2.20. The Balaban J connectivity index is 3.71. The Morgan fingerprint density at radius 2 is 1.73 bits per heavy atom. The fourth-order valence-corrected chi connectivity index (χ4v) is 0.510. The average molecular weight is 220 g/mol. The van der Waals surface area contributed by atoms with E-state index in [0.717, 1.165) is 0 Å². The third-order valence-corrected chi connectivity index (χ3v) is 1.85. The highest BCUT2D eigenvalue weighted by Crippen LogP contribution is 2.14. The maximum absolute atomic E-state index is 11.0. The average Bonchev–Trinajstić information content (AvgIpc) is 2.23. The molecule has 6 nitrogen and oxygen atoms in total. The van der Waals surface area contributed by atoms with Gasteiger partial charge in [-0.15, -0.1) is 0 Å². The minimum absolute atomic E-state index is 0.195. The number of hydrogen-bond donors (Lipinski definition) is 1. The van der Waals surface area contributed by atoms with Crippen molar-refractivity contribution in [3.63, 3.8) is 0 Å². The van der Waals surface area contributed by atoms with Crippen LogP contribution in [0.5, 0.6) is 0 Å². The second kappa shape index (κ2) is 6.36. The normalized spacial score (nSPS) is 10.9. The zero-order chi connectivity index (χ0) is 11.9. The summed E-state index contributed by atoms with van der Waals surface area (Å²) in [6, 6.07) is 0. The minimum Gasteiger partial charge on any atom is -0.301 e. The van der Waals surface area contributed by atoms with Gasteiger partial charge < -0.3 is 4.89 Å². The van der Waals surface area contributed by atoms with Crippen molar-refractivity contribution in [2.24, 2.45) is 0 Å². The minimum atomic E-state index is -0.887. The molecule has 0 rings (SSSR count). The Labute approximate surface area is 88.0 Å². The van der Waals surface area contributed by atoms with E-state index in [0.29, 0.717) is 6.42 Å². The van der Waals surface area contributed by atoms with Crippen LogP contribution >= 0.6 is 0 Å². The summed E-state index contributed by atoms with van der Waals surface area (Å²) in [4.78, 5) is 34.1. The van der Waals surface area contributed by atoms with Crippen LogP contribution in [-0.2, 0) is 24.3 Å². The summed E-state index contributed by atoms with van der Waals surface area (Å²) in [6.07, 6.45) is 0.239. The molecule has 0 saturated heterocycles. The van der Waals surface area contributed by atoms with E-state index in [1.54, 1.807) is 13.8 Å². The van der Waals surface area contributed by atoms with E-state index in [1.165, 1.54) is 0 Å². The molecule has 0 aliphatic carbocycles. The second-order valence-corrected chi connectivity index (χ2v) is 3.62. The van der Waals surface area contributed by atoms with Gasteiger partial charge in [0, 0.05) is 0 Å². The molecule has 0 amide bonds. The summed E-state index contributed by atoms with van der Waals surface area (Å²) >= 11 is 0. The lowest BCUT2D eigenvalue weighted by molar-refractivity contribution is -0.325. The Kier molecular flexibility index (Phi) is 5.88. The van der Waals surface area contributed by atoms with Crippen LogP contribution in [0.2, 0.25) is 0 Å². The van der Waals surface area contributed by atoms with Crippen molar-refractivity contribution in [1.82, 2.24) is 0 Å². The zero-order valence-electron chi connectivity index (χ0n) is 9.11. The van der Waals surface area contributed by atoms with Crippen molar-refractivity contribution in [3.8, 4) is 0 Å². The van der Waals surface area contributed by atoms with Crippen molar-refractivity contribution < 1.29 is 29.5 Å². The quantitative estimate of drug-likeness (QED) is 0.538. The van der Waals surface area contributed by atoms with Gasteiger partial charge in [-0.3, -0.25) is 4.89 Å². The maximum Gasteiger partial charge on any atom is 0.342 e. The topological polar surface area (TPSA) is 82.1 Å². The van der Waals surface area contributed by atoms with E-state index >= 15 is 0 Å². The largest absolute Gasteiger partial charge is 0.342 e. The van der Waals surface area contributed by atoms with Crippen molar-refractivity contribution in [2.75, 3.05) is 0 Å². The highest BCUT2D eigenvalue weighted by Gasteiger charge is 2.20. The summed E-state index contributed by atoms with van der Waals surface area (Å²) in [5.41, 5.74) is -0.548. The Bertz CT molecular complexity index is 223. The van der Waals surface area contributed by atoms with Crippen LogP contribution in [0, 0.1) is 0 Å². The zero-order valence-corrected chi connectivity index (χ0v) is 9.11. The maximum atomic E-state index is 11.0. The lowest BCUT2D eigenvalue weighted by atomic mass is 10.1. The van der Waals surface area contributed by atoms with E-state index in [2.05, 4.69) is 9.78 Å². The molecule has 15 heavy (non-hydrogen) atoms. The standard InChI is InChI=1S/C9H16O6/c1-4-9(2,3)15-14-8(11)6-5-7(10)13-12/h12H,4-6H2,1-3H3. The fraction of sp³-hybridized carbons (Fsp3) is 0.778. The van der Waals surface area contributed by atoms with Crippen LogP contribution in [-0.4, -0.2) is 22.8 Å². The molecule has 0 aliphatic heterocycles. The van der Waals surface area contributed by atoms with Crippen LogP contribution in [0.15, 0.2) is 0 Å². The predicted molar refractivity (Wildman–Crippen MR) is 49.5 cm³/mol. The van der Waals surface area contributed by atoms with Gasteiger partial charge in [-0.2, -0.15) is 10.1 Å². The van der Waals surface area contributed by atoms with Gasteiger partial charge in [-0.25, -0.2) is 9.59 Å². The van der Waals surface area contributed by atoms with Crippen molar-refractivity contribution in [1.29, 1.82) is 0 Å². The summed E-state index contributed by atoms with van der Waals surface area (Å²) in [6.45, 7) is 5.42. The van der Waals surface area contributed by atoms with E-state index < -0.39 is 17.5 Å². The molecule has 0 saturated carbocycles. The molecule has 0 unspecified atom stereocenters. The SMILES string of the molecule is CCC(C)(C)OOC(=O)CCC(=O)OO. The summed E-state index contributed by atoms with van der Waals surface area (Å²) in [7, 11) is 0. The third-order valence-electron chi connectivity index (χ3n) is 1.85. The first-order chi connectivity index (χ1) is 6.91. The van der Waals surface area contributed by atoms with Gasteiger partial charge in [0.2, 0.25) is 0 Å². The van der Waals surface area contributed by atoms with Gasteiger partial charge in [0.05, 0.1) is 12.8 Å². The van der Waals surface area contributed by atoms with Gasteiger partial charge in [-0.1, -0.05) is 6.92 Å². The van der Waals surface area contributed by atoms with Crippen molar-refractivity contribution in [2.45, 2.75) is 45.6 Å². The van der Waals surface area contributed by atoms with Gasteiger partial charge in [0.1, 0.15) is 5.60 Å². The molecule has 0 radical (unpaired) electrons. The first kappa shape index (κ1) is 13.9. The molecule has 0 aromatic carbocycles. The molecule has 0 aromatic heterocycles. The molecule has 0 spiro atoms. The molecule has 0 bridgehead atoms. The lowest BCUT2D eigenvalue weighted by Crippen LogP contribution is -2.25. The molecule has 0 fully saturated rings. The van der Waals surface area contributed by atoms with Crippen molar-refractivity contribution >= 4 is 11.9 Å². The molecule has 1 N–H and O–H groups in total. The molecular formula is C9H16O6. The third kappa shape index (κ3) is 6.87. The highest BCUT2D eigenvalue weighted by atomic mass is 17.2. The molecule has 0 atom stereocenters. The Morgan fingerprint density at radius 1 is 1.20 bits per heavy atom. The number of carbonyl (C=O) groups excluding carboxylic acids is 2. The molecule has 0 heterocycles. The van der Waals surface area contributed by atoms with E-state index in [9.17, 15) is 9.59 Å². The number of rotatable bonds is 6. The van der Waals surface area contributed by atoms with Crippen LogP contribution in [0.1, 0.15) is 40.0 Å². The summed E-state index contributed by atoms with van der Waals surface area (Å²) in [5.74, 6) is -1.57. The summed E-state index contributed by atoms with van der Waals surface area (Å²) < 4.78 is 0. The first-order valence-corrected chi connectivity index (χ1v) is 4.64. The Morgan fingerprint density at radius 3 is 2.20 bits per heavy atom. The highest BCUT2D eigenvalue weighted by molar-refractivity contribution is 5.76. The van der Waals surface area contributed by atoms with Crippen LogP contribution in [0.4, 0.5) is 0 Å². The summed E-state index contributed by atoms with van der Waals surface area (Å²) in [5, 5.41) is 7.91. The van der Waals surface area contributed by atoms with Gasteiger partial charge in [0.25, 0.3) is 0 Å². The van der Waals surface area contributed by atoms with Gasteiger partial charge >= 0.3 is 11.9 Å². The van der Waals surface area contributed by atoms with Gasteiger partial charge in [0.15, 0.2) is 0 Å². The molecule has 88 valence electrons. The van der Waals surface area contributed by atoms with Crippen LogP contribution in [0.3, 0.4) is 0 Å². The van der Waals surface area contributed by atoms with Gasteiger partial charge in [-0.05, 0) is 20.3 Å². The first-order valence-electron chi connectivity index (χ1n) is 4.64. The van der Waals surface area contributed by atoms with Crippen molar-refractivity contribution in [3.05, 3.63) is 0 Å². The number of carbonyl (C=O) groups is 2.